The minimum absolute atomic E-state index is 0.107. The van der Waals surface area contributed by atoms with E-state index in [4.69, 9.17) is 21.4 Å². The molecule has 2 N–H and O–H groups in total. The van der Waals surface area contributed by atoms with Gasteiger partial charge in [0.2, 0.25) is 0 Å². The number of carbonyl (C=O) groups excluding carboxylic acids is 1. The fourth-order valence-corrected chi connectivity index (χ4v) is 2.06. The summed E-state index contributed by atoms with van der Waals surface area (Å²) in [5, 5.41) is 11.1. The average Bonchev–Trinajstić information content (AvgIpc) is 2.50. The number of carbonyl (C=O) groups is 2. The van der Waals surface area contributed by atoms with Gasteiger partial charge in [0.1, 0.15) is 11.9 Å². The van der Waals surface area contributed by atoms with Gasteiger partial charge in [0.25, 0.3) is 0 Å². The highest BCUT2D eigenvalue weighted by molar-refractivity contribution is 6.32. The molecule has 1 atom stereocenters. The molecule has 1 unspecified atom stereocenters. The lowest BCUT2D eigenvalue weighted by Crippen LogP contribution is -2.10. The van der Waals surface area contributed by atoms with E-state index in [1.54, 1.807) is 25.3 Å². The SMILES string of the molecule is CC(Oc1cc(NC(=O)O)c(C=O)cc1Cl)c1ccccn1. The van der Waals surface area contributed by atoms with Gasteiger partial charge in [-0.25, -0.2) is 4.79 Å². The molecule has 2 aromatic rings. The Hall–Kier alpha value is -2.60. The molecule has 0 aliphatic heterocycles. The molecule has 0 aliphatic carbocycles. The standard InChI is InChI=1S/C15H13ClN2O4/c1-9(12-4-2-3-5-17-12)22-14-7-13(18-15(20)21)10(8-19)6-11(14)16/h2-9,18H,1H3,(H,20,21). The van der Waals surface area contributed by atoms with Gasteiger partial charge in [-0.05, 0) is 25.1 Å². The van der Waals surface area contributed by atoms with Crippen molar-refractivity contribution in [2.45, 2.75) is 13.0 Å². The number of aldehydes is 1. The van der Waals surface area contributed by atoms with Gasteiger partial charge >= 0.3 is 6.09 Å². The van der Waals surface area contributed by atoms with Crippen LogP contribution in [-0.2, 0) is 0 Å². The zero-order valence-corrected chi connectivity index (χ0v) is 12.4. The second-order valence-electron chi connectivity index (χ2n) is 4.43. The zero-order valence-electron chi connectivity index (χ0n) is 11.6. The highest BCUT2D eigenvalue weighted by Gasteiger charge is 2.15. The Bertz CT molecular complexity index is 691. The molecule has 0 radical (unpaired) electrons. The summed E-state index contributed by atoms with van der Waals surface area (Å²) in [6.45, 7) is 1.79. The van der Waals surface area contributed by atoms with Crippen molar-refractivity contribution in [2.24, 2.45) is 0 Å². The monoisotopic (exact) mass is 320 g/mol. The Morgan fingerprint density at radius 2 is 2.23 bits per heavy atom. The van der Waals surface area contributed by atoms with Crippen molar-refractivity contribution >= 4 is 29.7 Å². The fraction of sp³-hybridized carbons (Fsp3) is 0.133. The zero-order chi connectivity index (χ0) is 16.1. The van der Waals surface area contributed by atoms with Gasteiger partial charge in [0, 0.05) is 17.8 Å². The van der Waals surface area contributed by atoms with E-state index in [1.165, 1.54) is 12.1 Å². The maximum Gasteiger partial charge on any atom is 0.409 e. The number of carboxylic acid groups (broad SMARTS) is 1. The molecule has 0 aliphatic rings. The molecular formula is C15H13ClN2O4. The average molecular weight is 321 g/mol. The van der Waals surface area contributed by atoms with Gasteiger partial charge in [-0.1, -0.05) is 17.7 Å². The number of hydrogen-bond acceptors (Lipinski definition) is 4. The Morgan fingerprint density at radius 3 is 2.82 bits per heavy atom. The van der Waals surface area contributed by atoms with Crippen LogP contribution >= 0.6 is 11.6 Å². The molecule has 114 valence electrons. The van der Waals surface area contributed by atoms with Crippen molar-refractivity contribution in [3.05, 3.63) is 52.8 Å². The summed E-state index contributed by atoms with van der Waals surface area (Å²) in [6.07, 6.45) is 0.486. The number of amides is 1. The minimum atomic E-state index is -1.28. The minimum Gasteiger partial charge on any atom is -0.483 e. The Morgan fingerprint density at radius 1 is 1.45 bits per heavy atom. The molecule has 0 saturated heterocycles. The summed E-state index contributed by atoms with van der Waals surface area (Å²) >= 11 is 6.07. The largest absolute Gasteiger partial charge is 0.483 e. The van der Waals surface area contributed by atoms with Crippen LogP contribution in [-0.4, -0.2) is 22.5 Å². The number of nitrogens with zero attached hydrogens (tertiary/aromatic N) is 1. The molecule has 0 fully saturated rings. The van der Waals surface area contributed by atoms with Crippen LogP contribution in [0.5, 0.6) is 5.75 Å². The predicted octanol–water partition coefficient (Wildman–Crippen LogP) is 3.78. The predicted molar refractivity (Wildman–Crippen MR) is 81.8 cm³/mol. The van der Waals surface area contributed by atoms with Gasteiger partial charge in [0.05, 0.1) is 16.4 Å². The number of rotatable bonds is 5. The molecule has 1 aromatic heterocycles. The number of pyridine rings is 1. The van der Waals surface area contributed by atoms with Crippen molar-refractivity contribution in [3.8, 4) is 5.75 Å². The summed E-state index contributed by atoms with van der Waals surface area (Å²) in [5.41, 5.74) is 0.936. The summed E-state index contributed by atoms with van der Waals surface area (Å²) in [6, 6.07) is 8.14. The highest BCUT2D eigenvalue weighted by atomic mass is 35.5. The number of hydrogen-bond donors (Lipinski definition) is 2. The molecule has 6 nitrogen and oxygen atoms in total. The lowest BCUT2D eigenvalue weighted by molar-refractivity contribution is 0.112. The molecule has 2 rings (SSSR count). The van der Waals surface area contributed by atoms with E-state index in [2.05, 4.69) is 10.3 Å². The smallest absolute Gasteiger partial charge is 0.409 e. The highest BCUT2D eigenvalue weighted by Crippen LogP contribution is 2.33. The van der Waals surface area contributed by atoms with Gasteiger partial charge < -0.3 is 9.84 Å². The summed E-state index contributed by atoms with van der Waals surface area (Å²) < 4.78 is 5.71. The number of halogens is 1. The maximum atomic E-state index is 11.0. The topological polar surface area (TPSA) is 88.5 Å². The number of nitrogens with one attached hydrogen (secondary N) is 1. The van der Waals surface area contributed by atoms with Crippen molar-refractivity contribution < 1.29 is 19.4 Å². The second kappa shape index (κ2) is 6.91. The van der Waals surface area contributed by atoms with Crippen LogP contribution in [0.1, 0.15) is 29.1 Å². The van der Waals surface area contributed by atoms with Crippen molar-refractivity contribution in [1.82, 2.24) is 4.98 Å². The van der Waals surface area contributed by atoms with Crippen LogP contribution in [0.2, 0.25) is 5.02 Å². The van der Waals surface area contributed by atoms with Crippen LogP contribution in [0, 0.1) is 0 Å². The first-order valence-corrected chi connectivity index (χ1v) is 6.75. The first-order valence-electron chi connectivity index (χ1n) is 6.37. The third-order valence-corrected chi connectivity index (χ3v) is 3.18. The van der Waals surface area contributed by atoms with E-state index in [9.17, 15) is 9.59 Å². The Balaban J connectivity index is 2.30. The molecule has 1 amide bonds. The van der Waals surface area contributed by atoms with Crippen LogP contribution in [0.4, 0.5) is 10.5 Å². The first kappa shape index (κ1) is 15.8. The second-order valence-corrected chi connectivity index (χ2v) is 4.84. The van der Waals surface area contributed by atoms with E-state index in [1.807, 2.05) is 6.07 Å². The van der Waals surface area contributed by atoms with Gasteiger partial charge in [0.15, 0.2) is 6.29 Å². The first-order chi connectivity index (χ1) is 10.5. The molecule has 7 heteroatoms. The van der Waals surface area contributed by atoms with E-state index in [0.29, 0.717) is 12.0 Å². The lowest BCUT2D eigenvalue weighted by Gasteiger charge is -2.17. The molecule has 22 heavy (non-hydrogen) atoms. The number of aromatic nitrogens is 1. The number of benzene rings is 1. The molecule has 0 spiro atoms. The normalized spacial score (nSPS) is 11.5. The maximum absolute atomic E-state index is 11.0. The van der Waals surface area contributed by atoms with E-state index < -0.39 is 12.2 Å². The van der Waals surface area contributed by atoms with E-state index in [-0.39, 0.29) is 22.0 Å². The van der Waals surface area contributed by atoms with Crippen LogP contribution < -0.4 is 10.1 Å². The van der Waals surface area contributed by atoms with Gasteiger partial charge in [-0.3, -0.25) is 15.1 Å². The van der Waals surface area contributed by atoms with Crippen LogP contribution in [0.3, 0.4) is 0 Å². The third kappa shape index (κ3) is 3.73. The van der Waals surface area contributed by atoms with Crippen molar-refractivity contribution in [2.75, 3.05) is 5.32 Å². The van der Waals surface area contributed by atoms with Crippen LogP contribution in [0.15, 0.2) is 36.5 Å². The lowest BCUT2D eigenvalue weighted by atomic mass is 10.2. The van der Waals surface area contributed by atoms with E-state index >= 15 is 0 Å². The van der Waals surface area contributed by atoms with Crippen LogP contribution in [0.25, 0.3) is 0 Å². The molecule has 1 heterocycles. The Labute approximate surface area is 131 Å². The fourth-order valence-electron chi connectivity index (χ4n) is 1.85. The summed E-state index contributed by atoms with van der Waals surface area (Å²) in [5.74, 6) is 0.258. The quantitative estimate of drug-likeness (QED) is 0.818. The molecule has 1 aromatic carbocycles. The van der Waals surface area contributed by atoms with E-state index in [0.717, 1.165) is 0 Å². The number of ether oxygens (including phenoxy) is 1. The third-order valence-electron chi connectivity index (χ3n) is 2.88. The van der Waals surface area contributed by atoms with Crippen molar-refractivity contribution in [1.29, 1.82) is 0 Å². The van der Waals surface area contributed by atoms with Gasteiger partial charge in [-0.2, -0.15) is 0 Å². The summed E-state index contributed by atoms with van der Waals surface area (Å²) in [7, 11) is 0. The number of anilines is 1. The molecule has 0 bridgehead atoms. The summed E-state index contributed by atoms with van der Waals surface area (Å²) in [4.78, 5) is 25.9. The van der Waals surface area contributed by atoms with Crippen molar-refractivity contribution in [3.63, 3.8) is 0 Å². The molecule has 0 saturated carbocycles. The Kier molecular flexibility index (Phi) is 4.95. The molecular weight excluding hydrogens is 308 g/mol. The van der Waals surface area contributed by atoms with Gasteiger partial charge in [-0.15, -0.1) is 0 Å².